The third kappa shape index (κ3) is 24.0. The molecule has 0 unspecified atom stereocenters. The van der Waals surface area contributed by atoms with Crippen LogP contribution in [0.2, 0.25) is 0 Å². The van der Waals surface area contributed by atoms with E-state index in [1.165, 1.54) is 19.3 Å². The third-order valence-electron chi connectivity index (χ3n) is 3.07. The molecule has 0 radical (unpaired) electrons. The average molecular weight is 317 g/mol. The van der Waals surface area contributed by atoms with Gasteiger partial charge in [-0.1, -0.05) is 39.5 Å². The highest BCUT2D eigenvalue weighted by molar-refractivity contribution is 5.69. The van der Waals surface area contributed by atoms with Gasteiger partial charge in [-0.2, -0.15) is 0 Å². The summed E-state index contributed by atoms with van der Waals surface area (Å²) in [5, 5.41) is 8.43. The van der Waals surface area contributed by atoms with Gasteiger partial charge in [0.05, 0.1) is 6.61 Å². The maximum absolute atomic E-state index is 11.3. The van der Waals surface area contributed by atoms with Gasteiger partial charge in [0.1, 0.15) is 0 Å². The van der Waals surface area contributed by atoms with E-state index in [0.29, 0.717) is 19.4 Å². The molecular formula is C17H35NO4. The van der Waals surface area contributed by atoms with Gasteiger partial charge in [0.2, 0.25) is 0 Å². The van der Waals surface area contributed by atoms with E-state index >= 15 is 0 Å². The summed E-state index contributed by atoms with van der Waals surface area (Å²) in [6.45, 7) is 5.46. The predicted molar refractivity (Wildman–Crippen MR) is 89.8 cm³/mol. The zero-order valence-corrected chi connectivity index (χ0v) is 14.4. The summed E-state index contributed by atoms with van der Waals surface area (Å²) >= 11 is 0. The minimum atomic E-state index is -0.765. The first-order chi connectivity index (χ1) is 10.6. The number of hydrogen-bond acceptors (Lipinski definition) is 4. The number of hydrogen-bond donors (Lipinski definition) is 2. The van der Waals surface area contributed by atoms with Crippen LogP contribution in [0.3, 0.4) is 0 Å². The molecule has 0 aliphatic carbocycles. The second kappa shape index (κ2) is 19.9. The zero-order chi connectivity index (χ0) is 17.1. The standard InChI is InChI=1S/C14H26O4.C3H9N/c1-2-3-4-5-8-11-14(17)18-12-9-6-7-10-13(15)16;1-2-3-4/h2-12H2,1H3,(H,15,16);2-4H2,1H3. The molecule has 0 aliphatic heterocycles. The van der Waals surface area contributed by atoms with E-state index in [4.69, 9.17) is 15.6 Å². The molecule has 0 saturated heterocycles. The lowest BCUT2D eigenvalue weighted by atomic mass is 10.1. The van der Waals surface area contributed by atoms with Crippen LogP contribution >= 0.6 is 0 Å². The van der Waals surface area contributed by atoms with Crippen molar-refractivity contribution in [1.29, 1.82) is 0 Å². The first kappa shape index (κ1) is 23.2. The summed E-state index contributed by atoms with van der Waals surface area (Å²) in [6, 6.07) is 0. The first-order valence-electron chi connectivity index (χ1n) is 8.65. The van der Waals surface area contributed by atoms with Gasteiger partial charge in [0, 0.05) is 12.8 Å². The molecule has 0 amide bonds. The lowest BCUT2D eigenvalue weighted by Gasteiger charge is -2.04. The smallest absolute Gasteiger partial charge is 0.305 e. The quantitative estimate of drug-likeness (QED) is 0.397. The Morgan fingerprint density at radius 3 is 1.95 bits per heavy atom. The minimum Gasteiger partial charge on any atom is -0.481 e. The van der Waals surface area contributed by atoms with Gasteiger partial charge in [-0.3, -0.25) is 9.59 Å². The van der Waals surface area contributed by atoms with Crippen LogP contribution in [0.1, 0.15) is 84.5 Å². The number of nitrogens with two attached hydrogens (primary N) is 1. The van der Waals surface area contributed by atoms with Crippen molar-refractivity contribution in [2.45, 2.75) is 84.5 Å². The fraction of sp³-hybridized carbons (Fsp3) is 0.882. The van der Waals surface area contributed by atoms with Gasteiger partial charge in [-0.15, -0.1) is 0 Å². The third-order valence-corrected chi connectivity index (χ3v) is 3.07. The summed E-state index contributed by atoms with van der Waals surface area (Å²) in [6.07, 6.45) is 9.68. The van der Waals surface area contributed by atoms with Crippen molar-refractivity contribution < 1.29 is 19.4 Å². The van der Waals surface area contributed by atoms with Crippen molar-refractivity contribution in [3.05, 3.63) is 0 Å². The van der Waals surface area contributed by atoms with Gasteiger partial charge in [-0.05, 0) is 38.6 Å². The molecule has 5 heteroatoms. The van der Waals surface area contributed by atoms with Gasteiger partial charge in [-0.25, -0.2) is 0 Å². The number of aliphatic carboxylic acids is 1. The van der Waals surface area contributed by atoms with Crippen molar-refractivity contribution in [3.63, 3.8) is 0 Å². The summed E-state index contributed by atoms with van der Waals surface area (Å²) in [4.78, 5) is 21.5. The van der Waals surface area contributed by atoms with E-state index in [1.807, 2.05) is 0 Å². The van der Waals surface area contributed by atoms with Crippen LogP contribution in [-0.4, -0.2) is 30.2 Å². The zero-order valence-electron chi connectivity index (χ0n) is 14.4. The van der Waals surface area contributed by atoms with E-state index in [0.717, 1.165) is 38.6 Å². The number of unbranched alkanes of at least 4 members (excludes halogenated alkanes) is 6. The Hall–Kier alpha value is -1.10. The van der Waals surface area contributed by atoms with Crippen LogP contribution in [0.5, 0.6) is 0 Å². The highest BCUT2D eigenvalue weighted by Gasteiger charge is 2.02. The molecule has 0 aromatic carbocycles. The second-order valence-corrected chi connectivity index (χ2v) is 5.38. The highest BCUT2D eigenvalue weighted by atomic mass is 16.5. The Balaban J connectivity index is 0. The van der Waals surface area contributed by atoms with Gasteiger partial charge >= 0.3 is 11.9 Å². The van der Waals surface area contributed by atoms with Crippen molar-refractivity contribution in [2.24, 2.45) is 5.73 Å². The van der Waals surface area contributed by atoms with Crippen LogP contribution in [-0.2, 0) is 14.3 Å². The molecule has 0 atom stereocenters. The van der Waals surface area contributed by atoms with Crippen LogP contribution in [0.25, 0.3) is 0 Å². The molecule has 0 aromatic rings. The lowest BCUT2D eigenvalue weighted by molar-refractivity contribution is -0.144. The van der Waals surface area contributed by atoms with Crippen LogP contribution in [0, 0.1) is 0 Å². The number of carbonyl (C=O) groups is 2. The van der Waals surface area contributed by atoms with E-state index in [-0.39, 0.29) is 12.4 Å². The van der Waals surface area contributed by atoms with E-state index in [1.54, 1.807) is 0 Å². The Morgan fingerprint density at radius 2 is 1.41 bits per heavy atom. The van der Waals surface area contributed by atoms with Gasteiger partial charge < -0.3 is 15.6 Å². The monoisotopic (exact) mass is 317 g/mol. The molecule has 0 rings (SSSR count). The Kier molecular flexibility index (Phi) is 21.0. The highest BCUT2D eigenvalue weighted by Crippen LogP contribution is 2.06. The number of ether oxygens (including phenoxy) is 1. The summed E-state index contributed by atoms with van der Waals surface area (Å²) in [5.74, 6) is -0.885. The lowest BCUT2D eigenvalue weighted by Crippen LogP contribution is -2.05. The summed E-state index contributed by atoms with van der Waals surface area (Å²) in [7, 11) is 0. The largest absolute Gasteiger partial charge is 0.481 e. The molecule has 0 bridgehead atoms. The van der Waals surface area contributed by atoms with E-state index in [9.17, 15) is 9.59 Å². The molecule has 22 heavy (non-hydrogen) atoms. The van der Waals surface area contributed by atoms with Crippen LogP contribution in [0.15, 0.2) is 0 Å². The van der Waals surface area contributed by atoms with Crippen molar-refractivity contribution in [1.82, 2.24) is 0 Å². The first-order valence-corrected chi connectivity index (χ1v) is 8.65. The van der Waals surface area contributed by atoms with Crippen molar-refractivity contribution >= 4 is 11.9 Å². The molecular weight excluding hydrogens is 282 g/mol. The molecule has 0 saturated carbocycles. The Bertz CT molecular complexity index is 255. The van der Waals surface area contributed by atoms with Crippen LogP contribution < -0.4 is 5.73 Å². The maximum Gasteiger partial charge on any atom is 0.305 e. The molecule has 5 nitrogen and oxygen atoms in total. The molecule has 0 spiro atoms. The van der Waals surface area contributed by atoms with Gasteiger partial charge in [0.25, 0.3) is 0 Å². The molecule has 0 fully saturated rings. The SMILES string of the molecule is CCCCCCCC(=O)OCCCCCC(=O)O.CCCN. The summed E-state index contributed by atoms with van der Waals surface area (Å²) < 4.78 is 5.07. The Labute approximate surface area is 135 Å². The second-order valence-electron chi connectivity index (χ2n) is 5.38. The topological polar surface area (TPSA) is 89.6 Å². The molecule has 0 aromatic heterocycles. The molecule has 3 N–H and O–H groups in total. The fourth-order valence-electron chi connectivity index (χ4n) is 1.69. The average Bonchev–Trinajstić information content (AvgIpc) is 2.50. The van der Waals surface area contributed by atoms with Gasteiger partial charge in [0.15, 0.2) is 0 Å². The van der Waals surface area contributed by atoms with E-state index < -0.39 is 5.97 Å². The number of rotatable bonds is 13. The van der Waals surface area contributed by atoms with Crippen molar-refractivity contribution in [2.75, 3.05) is 13.2 Å². The van der Waals surface area contributed by atoms with E-state index in [2.05, 4.69) is 13.8 Å². The van der Waals surface area contributed by atoms with Crippen LogP contribution in [0.4, 0.5) is 0 Å². The number of carbonyl (C=O) groups excluding carboxylic acids is 1. The molecule has 0 aliphatic rings. The maximum atomic E-state index is 11.3. The number of esters is 1. The fourth-order valence-corrected chi connectivity index (χ4v) is 1.69. The van der Waals surface area contributed by atoms with Crippen molar-refractivity contribution in [3.8, 4) is 0 Å². The normalized spacial score (nSPS) is 9.77. The molecule has 0 heterocycles. The number of carboxylic acids is 1. The summed E-state index contributed by atoms with van der Waals surface area (Å²) in [5.41, 5.74) is 5.03. The number of carboxylic acid groups (broad SMARTS) is 1. The minimum absolute atomic E-state index is 0.121. The Morgan fingerprint density at radius 1 is 0.864 bits per heavy atom. The predicted octanol–water partition coefficient (Wildman–Crippen LogP) is 3.89. The molecule has 132 valence electrons.